The predicted octanol–water partition coefficient (Wildman–Crippen LogP) is -0.558. The highest BCUT2D eigenvalue weighted by Crippen LogP contribution is 2.09. The van der Waals surface area contributed by atoms with Crippen molar-refractivity contribution in [2.45, 2.75) is 5.75 Å². The first-order valence-corrected chi connectivity index (χ1v) is 5.17. The van der Waals surface area contributed by atoms with Gasteiger partial charge >= 0.3 is 5.97 Å². The fraction of sp³-hybridized carbons (Fsp3) is 0.429. The Labute approximate surface area is 90.6 Å². The van der Waals surface area contributed by atoms with E-state index in [1.54, 1.807) is 0 Å². The lowest BCUT2D eigenvalue weighted by Crippen LogP contribution is -2.07. The quantitative estimate of drug-likeness (QED) is 0.660. The van der Waals surface area contributed by atoms with E-state index in [1.165, 1.54) is 18.9 Å². The van der Waals surface area contributed by atoms with Crippen molar-refractivity contribution in [3.63, 3.8) is 0 Å². The molecule has 4 N–H and O–H groups in total. The number of methoxy groups -OCH3 is 1. The van der Waals surface area contributed by atoms with E-state index < -0.39 is 0 Å². The van der Waals surface area contributed by atoms with Gasteiger partial charge in [-0.15, -0.1) is 11.8 Å². The maximum absolute atomic E-state index is 10.8. The molecule has 1 aromatic heterocycles. The zero-order valence-electron chi connectivity index (χ0n) is 8.14. The van der Waals surface area contributed by atoms with Gasteiger partial charge in [0.15, 0.2) is 0 Å². The molecule has 0 radical (unpaired) electrons. The molecule has 0 aromatic carbocycles. The van der Waals surface area contributed by atoms with Crippen LogP contribution in [0, 0.1) is 0 Å². The number of carbonyl (C=O) groups excluding carboxylic acids is 1. The van der Waals surface area contributed by atoms with Crippen LogP contribution in [-0.4, -0.2) is 33.8 Å². The van der Waals surface area contributed by atoms with E-state index in [9.17, 15) is 4.79 Å². The number of thioether (sulfide) groups is 1. The second kappa shape index (κ2) is 5.35. The summed E-state index contributed by atoms with van der Waals surface area (Å²) in [6.07, 6.45) is 0. The van der Waals surface area contributed by atoms with E-state index in [2.05, 4.69) is 19.7 Å². The number of nitrogens with two attached hydrogens (primary N) is 2. The van der Waals surface area contributed by atoms with Gasteiger partial charge in [-0.1, -0.05) is 0 Å². The smallest absolute Gasteiger partial charge is 0.315 e. The molecule has 0 unspecified atom stereocenters. The summed E-state index contributed by atoms with van der Waals surface area (Å²) in [4.78, 5) is 22.1. The number of aromatic nitrogens is 3. The zero-order chi connectivity index (χ0) is 11.3. The summed E-state index contributed by atoms with van der Waals surface area (Å²) in [7, 11) is 1.34. The van der Waals surface area contributed by atoms with Crippen molar-refractivity contribution in [3.05, 3.63) is 5.82 Å². The second-order valence-electron chi connectivity index (χ2n) is 2.54. The highest BCUT2D eigenvalue weighted by atomic mass is 32.2. The Balaban J connectivity index is 2.47. The van der Waals surface area contributed by atoms with E-state index in [1.807, 2.05) is 0 Å². The number of hydrogen-bond donors (Lipinski definition) is 2. The average Bonchev–Trinajstić information content (AvgIpc) is 2.16. The SMILES string of the molecule is COC(=O)CSCc1nc(N)nc(N)n1. The Hall–Kier alpha value is -1.57. The Morgan fingerprint density at radius 2 is 1.93 bits per heavy atom. The van der Waals surface area contributed by atoms with Crippen molar-refractivity contribution < 1.29 is 9.53 Å². The van der Waals surface area contributed by atoms with E-state index in [0.717, 1.165) is 0 Å². The molecule has 8 heteroatoms. The van der Waals surface area contributed by atoms with Gasteiger partial charge in [-0.3, -0.25) is 4.79 Å². The number of esters is 1. The molecule has 82 valence electrons. The monoisotopic (exact) mass is 229 g/mol. The van der Waals surface area contributed by atoms with Crippen molar-refractivity contribution in [3.8, 4) is 0 Å². The minimum atomic E-state index is -0.296. The molecule has 0 fully saturated rings. The molecule has 0 aliphatic rings. The molecule has 0 aliphatic carbocycles. The number of nitrogens with zero attached hydrogens (tertiary/aromatic N) is 3. The third kappa shape index (κ3) is 3.98. The summed E-state index contributed by atoms with van der Waals surface area (Å²) in [5.41, 5.74) is 10.7. The van der Waals surface area contributed by atoms with Crippen molar-refractivity contribution in [2.24, 2.45) is 0 Å². The molecule has 0 spiro atoms. The molecule has 15 heavy (non-hydrogen) atoms. The van der Waals surface area contributed by atoms with Gasteiger partial charge in [0.25, 0.3) is 0 Å². The van der Waals surface area contributed by atoms with Crippen LogP contribution in [0.5, 0.6) is 0 Å². The molecule has 1 aromatic rings. The van der Waals surface area contributed by atoms with Crippen LogP contribution in [0.1, 0.15) is 5.82 Å². The van der Waals surface area contributed by atoms with Crippen LogP contribution in [0.2, 0.25) is 0 Å². The molecule has 0 saturated carbocycles. The first kappa shape index (κ1) is 11.5. The van der Waals surface area contributed by atoms with Gasteiger partial charge in [-0.05, 0) is 0 Å². The van der Waals surface area contributed by atoms with Crippen molar-refractivity contribution in [2.75, 3.05) is 24.3 Å². The van der Waals surface area contributed by atoms with Crippen molar-refractivity contribution in [1.82, 2.24) is 15.0 Å². The topological polar surface area (TPSA) is 117 Å². The van der Waals surface area contributed by atoms with Gasteiger partial charge in [0.1, 0.15) is 5.82 Å². The van der Waals surface area contributed by atoms with E-state index in [4.69, 9.17) is 11.5 Å². The molecule has 1 heterocycles. The van der Waals surface area contributed by atoms with Gasteiger partial charge in [-0.2, -0.15) is 15.0 Å². The molecule has 0 atom stereocenters. The molecule has 7 nitrogen and oxygen atoms in total. The van der Waals surface area contributed by atoms with Gasteiger partial charge in [0, 0.05) is 0 Å². The summed E-state index contributed by atoms with van der Waals surface area (Å²) in [6.45, 7) is 0. The van der Waals surface area contributed by atoms with Crippen LogP contribution in [0.4, 0.5) is 11.9 Å². The highest BCUT2D eigenvalue weighted by Gasteiger charge is 2.04. The molecule has 1 rings (SSSR count). The maximum atomic E-state index is 10.8. The first-order chi connectivity index (χ1) is 7.11. The Bertz CT molecular complexity index is 339. The number of ether oxygens (including phenoxy) is 1. The minimum Gasteiger partial charge on any atom is -0.468 e. The molecular weight excluding hydrogens is 218 g/mol. The average molecular weight is 229 g/mol. The normalized spacial score (nSPS) is 9.93. The predicted molar refractivity (Wildman–Crippen MR) is 56.8 cm³/mol. The van der Waals surface area contributed by atoms with Crippen molar-refractivity contribution in [1.29, 1.82) is 0 Å². The lowest BCUT2D eigenvalue weighted by molar-refractivity contribution is -0.137. The Kier molecular flexibility index (Phi) is 4.10. The lowest BCUT2D eigenvalue weighted by Gasteiger charge is -2.01. The third-order valence-electron chi connectivity index (χ3n) is 1.40. The van der Waals surface area contributed by atoms with Gasteiger partial charge in [0.2, 0.25) is 11.9 Å². The van der Waals surface area contributed by atoms with Crippen LogP contribution < -0.4 is 11.5 Å². The van der Waals surface area contributed by atoms with E-state index in [-0.39, 0.29) is 23.6 Å². The molecule has 0 amide bonds. The number of nitrogen functional groups attached to an aromatic ring is 2. The van der Waals surface area contributed by atoms with Gasteiger partial charge < -0.3 is 16.2 Å². The van der Waals surface area contributed by atoms with E-state index >= 15 is 0 Å². The Morgan fingerprint density at radius 1 is 1.33 bits per heavy atom. The molecule has 0 bridgehead atoms. The van der Waals surface area contributed by atoms with Crippen LogP contribution >= 0.6 is 11.8 Å². The van der Waals surface area contributed by atoms with Gasteiger partial charge in [0.05, 0.1) is 18.6 Å². The molecule has 0 aliphatic heterocycles. The standard InChI is InChI=1S/C7H11N5O2S/c1-14-5(13)3-15-2-4-10-6(8)12-7(9)11-4/h2-3H2,1H3,(H4,8,9,10,11,12). The first-order valence-electron chi connectivity index (χ1n) is 4.02. The van der Waals surface area contributed by atoms with Crippen LogP contribution in [0.15, 0.2) is 0 Å². The Morgan fingerprint density at radius 3 is 2.47 bits per heavy atom. The zero-order valence-corrected chi connectivity index (χ0v) is 8.95. The molecule has 0 saturated heterocycles. The summed E-state index contributed by atoms with van der Waals surface area (Å²) in [5.74, 6) is 0.991. The number of anilines is 2. The summed E-state index contributed by atoms with van der Waals surface area (Å²) >= 11 is 1.32. The van der Waals surface area contributed by atoms with Gasteiger partial charge in [-0.25, -0.2) is 0 Å². The largest absolute Gasteiger partial charge is 0.468 e. The number of carbonyl (C=O) groups is 1. The summed E-state index contributed by atoms with van der Waals surface area (Å²) in [5, 5.41) is 0. The second-order valence-corrected chi connectivity index (χ2v) is 3.52. The fourth-order valence-corrected chi connectivity index (χ4v) is 1.50. The van der Waals surface area contributed by atoms with Crippen molar-refractivity contribution >= 4 is 29.6 Å². The highest BCUT2D eigenvalue weighted by molar-refractivity contribution is 7.99. The molecular formula is C7H11N5O2S. The lowest BCUT2D eigenvalue weighted by atomic mass is 10.7. The van der Waals surface area contributed by atoms with Crippen LogP contribution in [0.25, 0.3) is 0 Å². The third-order valence-corrected chi connectivity index (χ3v) is 2.30. The number of hydrogen-bond acceptors (Lipinski definition) is 8. The number of rotatable bonds is 4. The van der Waals surface area contributed by atoms with Crippen LogP contribution in [0.3, 0.4) is 0 Å². The maximum Gasteiger partial charge on any atom is 0.315 e. The summed E-state index contributed by atoms with van der Waals surface area (Å²) in [6, 6.07) is 0. The van der Waals surface area contributed by atoms with Crippen LogP contribution in [-0.2, 0) is 15.3 Å². The van der Waals surface area contributed by atoms with E-state index in [0.29, 0.717) is 11.6 Å². The summed E-state index contributed by atoms with van der Waals surface area (Å²) < 4.78 is 4.47. The minimum absolute atomic E-state index is 0.0798. The fourth-order valence-electron chi connectivity index (χ4n) is 0.806.